The molecule has 1 aromatic rings. The molecular formula is C10H17NO. The van der Waals surface area contributed by atoms with Gasteiger partial charge in [0.1, 0.15) is 5.76 Å². The van der Waals surface area contributed by atoms with Crippen LogP contribution in [0.4, 0.5) is 0 Å². The zero-order valence-electron chi connectivity index (χ0n) is 8.00. The van der Waals surface area contributed by atoms with Crippen molar-refractivity contribution in [1.29, 1.82) is 0 Å². The molecule has 1 rings (SSSR count). The Kier molecular flexibility index (Phi) is 2.58. The van der Waals surface area contributed by atoms with Crippen LogP contribution in [0.25, 0.3) is 0 Å². The third kappa shape index (κ3) is 2.11. The predicted molar refractivity (Wildman–Crippen MR) is 49.7 cm³/mol. The average Bonchev–Trinajstić information content (AvgIpc) is 2.32. The van der Waals surface area contributed by atoms with Gasteiger partial charge in [0.2, 0.25) is 0 Å². The van der Waals surface area contributed by atoms with Gasteiger partial charge in [-0.25, -0.2) is 0 Å². The first-order valence-corrected chi connectivity index (χ1v) is 4.35. The molecule has 2 N–H and O–H groups in total. The number of rotatable bonds is 3. The Hall–Kier alpha value is -0.760. The summed E-state index contributed by atoms with van der Waals surface area (Å²) in [5.74, 6) is 1.46. The van der Waals surface area contributed by atoms with Gasteiger partial charge in [-0.1, -0.05) is 13.8 Å². The molecule has 1 heterocycles. The number of furan rings is 1. The molecule has 1 atom stereocenters. The van der Waals surface area contributed by atoms with Gasteiger partial charge >= 0.3 is 0 Å². The highest BCUT2D eigenvalue weighted by molar-refractivity contribution is 5.09. The zero-order valence-corrected chi connectivity index (χ0v) is 8.00. The van der Waals surface area contributed by atoms with Gasteiger partial charge in [0, 0.05) is 0 Å². The van der Waals surface area contributed by atoms with E-state index >= 15 is 0 Å². The van der Waals surface area contributed by atoms with Crippen LogP contribution >= 0.6 is 0 Å². The number of nitrogens with two attached hydrogens (primary N) is 1. The molecule has 0 saturated carbocycles. The van der Waals surface area contributed by atoms with Crippen LogP contribution in [0.3, 0.4) is 0 Å². The van der Waals surface area contributed by atoms with Gasteiger partial charge in [0.05, 0.1) is 11.8 Å². The van der Waals surface area contributed by atoms with Gasteiger partial charge in [0.15, 0.2) is 0 Å². The SMILES string of the molecule is CC(C)CC(C)(N)c1ccco1. The van der Waals surface area contributed by atoms with Crippen molar-refractivity contribution in [3.63, 3.8) is 0 Å². The summed E-state index contributed by atoms with van der Waals surface area (Å²) in [6.45, 7) is 6.33. The molecule has 68 valence electrons. The maximum atomic E-state index is 6.09. The largest absolute Gasteiger partial charge is 0.467 e. The summed E-state index contributed by atoms with van der Waals surface area (Å²) in [5, 5.41) is 0. The Labute approximate surface area is 73.8 Å². The molecule has 0 bridgehead atoms. The van der Waals surface area contributed by atoms with Crippen molar-refractivity contribution in [2.45, 2.75) is 32.7 Å². The van der Waals surface area contributed by atoms with Crippen molar-refractivity contribution in [3.05, 3.63) is 24.2 Å². The number of hydrogen-bond donors (Lipinski definition) is 1. The highest BCUT2D eigenvalue weighted by atomic mass is 16.3. The minimum atomic E-state index is -0.322. The van der Waals surface area contributed by atoms with Crippen LogP contribution in [0.2, 0.25) is 0 Å². The molecule has 0 aliphatic carbocycles. The van der Waals surface area contributed by atoms with E-state index in [0.29, 0.717) is 5.92 Å². The Morgan fingerprint density at radius 2 is 2.25 bits per heavy atom. The van der Waals surface area contributed by atoms with E-state index in [1.807, 2.05) is 19.1 Å². The molecule has 0 radical (unpaired) electrons. The lowest BCUT2D eigenvalue weighted by atomic mass is 9.90. The Balaban J connectivity index is 2.72. The quantitative estimate of drug-likeness (QED) is 0.751. The lowest BCUT2D eigenvalue weighted by Crippen LogP contribution is -2.33. The summed E-state index contributed by atoms with van der Waals surface area (Å²) < 4.78 is 5.27. The van der Waals surface area contributed by atoms with Crippen molar-refractivity contribution in [2.24, 2.45) is 11.7 Å². The van der Waals surface area contributed by atoms with Crippen LogP contribution in [0.5, 0.6) is 0 Å². The second-order valence-electron chi connectivity index (χ2n) is 3.99. The molecule has 0 spiro atoms. The Bertz CT molecular complexity index is 224. The molecule has 0 aromatic carbocycles. The molecule has 0 aliphatic heterocycles. The predicted octanol–water partition coefficient (Wildman–Crippen LogP) is 2.50. The first kappa shape index (κ1) is 9.33. The number of hydrogen-bond acceptors (Lipinski definition) is 2. The van der Waals surface area contributed by atoms with Crippen molar-refractivity contribution in [1.82, 2.24) is 0 Å². The molecule has 2 heteroatoms. The fraction of sp³-hybridized carbons (Fsp3) is 0.600. The average molecular weight is 167 g/mol. The first-order chi connectivity index (χ1) is 5.52. The minimum absolute atomic E-state index is 0.322. The molecule has 0 fully saturated rings. The van der Waals surface area contributed by atoms with Crippen molar-refractivity contribution >= 4 is 0 Å². The molecule has 2 nitrogen and oxygen atoms in total. The van der Waals surface area contributed by atoms with Crippen LogP contribution in [-0.4, -0.2) is 0 Å². The van der Waals surface area contributed by atoms with E-state index in [4.69, 9.17) is 10.2 Å². The third-order valence-corrected chi connectivity index (χ3v) is 1.92. The van der Waals surface area contributed by atoms with Crippen molar-refractivity contribution in [3.8, 4) is 0 Å². The normalized spacial score (nSPS) is 16.4. The van der Waals surface area contributed by atoms with Gasteiger partial charge in [-0.05, 0) is 31.4 Å². The molecule has 12 heavy (non-hydrogen) atoms. The van der Waals surface area contributed by atoms with E-state index in [1.165, 1.54) is 0 Å². The zero-order chi connectivity index (χ0) is 9.19. The van der Waals surface area contributed by atoms with Gasteiger partial charge in [-0.15, -0.1) is 0 Å². The summed E-state index contributed by atoms with van der Waals surface area (Å²) in [4.78, 5) is 0. The minimum Gasteiger partial charge on any atom is -0.467 e. The summed E-state index contributed by atoms with van der Waals surface area (Å²) in [6, 6.07) is 3.81. The lowest BCUT2D eigenvalue weighted by Gasteiger charge is -2.23. The molecule has 0 amide bonds. The maximum absolute atomic E-state index is 6.09. The summed E-state index contributed by atoms with van der Waals surface area (Å²) in [7, 11) is 0. The second kappa shape index (κ2) is 3.31. The van der Waals surface area contributed by atoms with E-state index in [9.17, 15) is 0 Å². The Morgan fingerprint density at radius 3 is 2.67 bits per heavy atom. The Morgan fingerprint density at radius 1 is 1.58 bits per heavy atom. The van der Waals surface area contributed by atoms with Crippen LogP contribution in [0.1, 0.15) is 33.0 Å². The van der Waals surface area contributed by atoms with E-state index < -0.39 is 0 Å². The first-order valence-electron chi connectivity index (χ1n) is 4.35. The lowest BCUT2D eigenvalue weighted by molar-refractivity contribution is 0.311. The molecule has 1 unspecified atom stereocenters. The highest BCUT2D eigenvalue weighted by Gasteiger charge is 2.24. The smallest absolute Gasteiger partial charge is 0.123 e. The van der Waals surface area contributed by atoms with Crippen LogP contribution < -0.4 is 5.73 Å². The van der Waals surface area contributed by atoms with E-state index in [-0.39, 0.29) is 5.54 Å². The maximum Gasteiger partial charge on any atom is 0.123 e. The topological polar surface area (TPSA) is 39.2 Å². The molecule has 0 saturated heterocycles. The summed E-state index contributed by atoms with van der Waals surface area (Å²) in [6.07, 6.45) is 2.61. The highest BCUT2D eigenvalue weighted by Crippen LogP contribution is 2.25. The molecule has 0 aliphatic rings. The van der Waals surface area contributed by atoms with Gasteiger partial charge in [-0.2, -0.15) is 0 Å². The standard InChI is InChI=1S/C10H17NO/c1-8(2)7-10(3,11)9-5-4-6-12-9/h4-6,8H,7,11H2,1-3H3. The monoisotopic (exact) mass is 167 g/mol. The van der Waals surface area contributed by atoms with Gasteiger partial charge < -0.3 is 10.2 Å². The van der Waals surface area contributed by atoms with Crippen molar-refractivity contribution < 1.29 is 4.42 Å². The third-order valence-electron chi connectivity index (χ3n) is 1.92. The van der Waals surface area contributed by atoms with Gasteiger partial charge in [-0.3, -0.25) is 0 Å². The summed E-state index contributed by atoms with van der Waals surface area (Å²) in [5.41, 5.74) is 5.77. The molecular weight excluding hydrogens is 150 g/mol. The van der Waals surface area contributed by atoms with E-state index in [0.717, 1.165) is 12.2 Å². The fourth-order valence-corrected chi connectivity index (χ4v) is 1.55. The van der Waals surface area contributed by atoms with Crippen LogP contribution in [0.15, 0.2) is 22.8 Å². The van der Waals surface area contributed by atoms with Gasteiger partial charge in [0.25, 0.3) is 0 Å². The van der Waals surface area contributed by atoms with E-state index in [1.54, 1.807) is 6.26 Å². The summed E-state index contributed by atoms with van der Waals surface area (Å²) >= 11 is 0. The van der Waals surface area contributed by atoms with E-state index in [2.05, 4.69) is 13.8 Å². The van der Waals surface area contributed by atoms with Crippen molar-refractivity contribution in [2.75, 3.05) is 0 Å². The van der Waals surface area contributed by atoms with Crippen LogP contribution in [0, 0.1) is 5.92 Å². The van der Waals surface area contributed by atoms with Crippen LogP contribution in [-0.2, 0) is 5.54 Å². The second-order valence-corrected chi connectivity index (χ2v) is 3.99. The molecule has 1 aromatic heterocycles. The fourth-order valence-electron chi connectivity index (χ4n) is 1.55.